The van der Waals surface area contributed by atoms with E-state index in [4.69, 9.17) is 0 Å². The normalized spacial score (nSPS) is 9.12. The molecule has 0 bridgehead atoms. The van der Waals surface area contributed by atoms with Gasteiger partial charge in [-0.15, -0.1) is 0 Å². The molecule has 0 aliphatic carbocycles. The summed E-state index contributed by atoms with van der Waals surface area (Å²) < 4.78 is 1.29. The molecule has 0 saturated heterocycles. The van der Waals surface area contributed by atoms with Crippen LogP contribution in [0.3, 0.4) is 0 Å². The van der Waals surface area contributed by atoms with Crippen LogP contribution in [0.5, 0.6) is 0 Å². The fourth-order valence-corrected chi connectivity index (χ4v) is 0.404. The van der Waals surface area contributed by atoms with Gasteiger partial charge in [0.25, 0.3) is 0 Å². The fourth-order valence-electron chi connectivity index (χ4n) is 0.404. The largest absolute Gasteiger partial charge is 0.274 e. The van der Waals surface area contributed by atoms with Crippen molar-refractivity contribution in [2.75, 3.05) is 0 Å². The summed E-state index contributed by atoms with van der Waals surface area (Å²) >= 11 is 0. The molecule has 1 rings (SSSR count). The lowest BCUT2D eigenvalue weighted by atomic mass is 10.7. The second kappa shape index (κ2) is 1.78. The first-order valence-electron chi connectivity index (χ1n) is 2.22. The van der Waals surface area contributed by atoms with E-state index in [1.54, 1.807) is 6.20 Å². The zero-order valence-electron chi connectivity index (χ0n) is 4.46. The van der Waals surface area contributed by atoms with Crippen LogP contribution in [-0.4, -0.2) is 15.5 Å². The van der Waals surface area contributed by atoms with Gasteiger partial charge in [0.2, 0.25) is 5.91 Å². The standard InChI is InChI=1S/C5H5N2O/c1-5(8)7-3-2-6-4-7/h2-3H,1H3. The SMILES string of the molecule is CC(=O)n1[c]ncc1. The van der Waals surface area contributed by atoms with Gasteiger partial charge in [-0.3, -0.25) is 9.36 Å². The molecule has 8 heavy (non-hydrogen) atoms. The Labute approximate surface area is 47.0 Å². The van der Waals surface area contributed by atoms with Crippen LogP contribution in [0.4, 0.5) is 0 Å². The van der Waals surface area contributed by atoms with Crippen LogP contribution >= 0.6 is 0 Å². The Morgan fingerprint density at radius 1 is 1.88 bits per heavy atom. The third-order valence-electron chi connectivity index (χ3n) is 0.795. The van der Waals surface area contributed by atoms with Gasteiger partial charge in [0.05, 0.1) is 0 Å². The Kier molecular flexibility index (Phi) is 1.12. The summed E-state index contributed by atoms with van der Waals surface area (Å²) in [6, 6.07) is 0. The van der Waals surface area contributed by atoms with Crippen molar-refractivity contribution in [3.05, 3.63) is 18.7 Å². The lowest BCUT2D eigenvalue weighted by Gasteiger charge is -1.86. The van der Waals surface area contributed by atoms with Gasteiger partial charge in [0.15, 0.2) is 6.33 Å². The van der Waals surface area contributed by atoms with Gasteiger partial charge in [-0.1, -0.05) is 0 Å². The Hall–Kier alpha value is -1.12. The maximum Gasteiger partial charge on any atom is 0.229 e. The molecule has 1 radical (unpaired) electrons. The van der Waals surface area contributed by atoms with Crippen LogP contribution in [0.25, 0.3) is 0 Å². The van der Waals surface area contributed by atoms with E-state index in [-0.39, 0.29) is 5.91 Å². The maximum absolute atomic E-state index is 10.4. The third-order valence-corrected chi connectivity index (χ3v) is 0.795. The monoisotopic (exact) mass is 109 g/mol. The summed E-state index contributed by atoms with van der Waals surface area (Å²) in [5.41, 5.74) is 0. The molecule has 1 aromatic heterocycles. The molecular formula is C5H5N2O. The predicted molar refractivity (Wildman–Crippen MR) is 27.4 cm³/mol. The highest BCUT2D eigenvalue weighted by Crippen LogP contribution is 1.81. The quantitative estimate of drug-likeness (QED) is 0.481. The van der Waals surface area contributed by atoms with Crippen LogP contribution in [0.2, 0.25) is 0 Å². The predicted octanol–water partition coefficient (Wildman–Crippen LogP) is 0.343. The van der Waals surface area contributed by atoms with Crippen molar-refractivity contribution in [1.82, 2.24) is 9.55 Å². The molecule has 0 N–H and O–H groups in total. The van der Waals surface area contributed by atoms with E-state index >= 15 is 0 Å². The Bertz CT molecular complexity index is 178. The van der Waals surface area contributed by atoms with Crippen molar-refractivity contribution in [2.24, 2.45) is 0 Å². The topological polar surface area (TPSA) is 34.9 Å². The van der Waals surface area contributed by atoms with E-state index in [1.807, 2.05) is 0 Å². The first-order chi connectivity index (χ1) is 3.80. The minimum absolute atomic E-state index is 0.0671. The molecule has 1 aromatic rings. The average molecular weight is 109 g/mol. The van der Waals surface area contributed by atoms with Gasteiger partial charge in [0, 0.05) is 19.3 Å². The van der Waals surface area contributed by atoms with Gasteiger partial charge in [-0.05, 0) is 0 Å². The van der Waals surface area contributed by atoms with Crippen molar-refractivity contribution in [2.45, 2.75) is 6.92 Å². The Morgan fingerprint density at radius 2 is 2.62 bits per heavy atom. The van der Waals surface area contributed by atoms with E-state index < -0.39 is 0 Å². The van der Waals surface area contributed by atoms with Crippen molar-refractivity contribution < 1.29 is 4.79 Å². The molecule has 0 aromatic carbocycles. The minimum atomic E-state index is -0.0671. The highest BCUT2D eigenvalue weighted by molar-refractivity contribution is 5.75. The summed E-state index contributed by atoms with van der Waals surface area (Å²) in [6.45, 7) is 1.46. The second-order valence-electron chi connectivity index (χ2n) is 1.42. The fraction of sp³-hybridized carbons (Fsp3) is 0.200. The molecule has 0 fully saturated rings. The summed E-state index contributed by atoms with van der Waals surface area (Å²) in [4.78, 5) is 14.0. The number of aromatic nitrogens is 2. The summed E-state index contributed by atoms with van der Waals surface area (Å²) in [7, 11) is 0. The highest BCUT2D eigenvalue weighted by atomic mass is 16.1. The molecule has 0 unspecified atom stereocenters. The number of nitrogens with zero attached hydrogens (tertiary/aromatic N) is 2. The first-order valence-corrected chi connectivity index (χ1v) is 2.22. The number of imidazole rings is 1. The molecule has 0 aliphatic heterocycles. The number of carbonyl (C=O) groups excluding carboxylic acids is 1. The van der Waals surface area contributed by atoms with Crippen molar-refractivity contribution in [3.63, 3.8) is 0 Å². The lowest BCUT2D eigenvalue weighted by Crippen LogP contribution is -2.01. The molecular weight excluding hydrogens is 104 g/mol. The smallest absolute Gasteiger partial charge is 0.229 e. The number of carbonyl (C=O) groups is 1. The number of hydrogen-bond acceptors (Lipinski definition) is 2. The summed E-state index contributed by atoms with van der Waals surface area (Å²) in [5, 5.41) is 0. The van der Waals surface area contributed by atoms with Gasteiger partial charge >= 0.3 is 0 Å². The van der Waals surface area contributed by atoms with Crippen LogP contribution in [0.1, 0.15) is 11.7 Å². The Morgan fingerprint density at radius 3 is 2.88 bits per heavy atom. The van der Waals surface area contributed by atoms with Crippen LogP contribution < -0.4 is 0 Å². The summed E-state index contributed by atoms with van der Waals surface area (Å²) in [5.74, 6) is -0.0671. The van der Waals surface area contributed by atoms with Gasteiger partial charge in [-0.2, -0.15) is 0 Å². The molecule has 1 heterocycles. The van der Waals surface area contributed by atoms with E-state index in [2.05, 4.69) is 11.3 Å². The second-order valence-corrected chi connectivity index (χ2v) is 1.42. The third kappa shape index (κ3) is 0.753. The van der Waals surface area contributed by atoms with E-state index in [9.17, 15) is 4.79 Å². The van der Waals surface area contributed by atoms with Crippen LogP contribution in [0.15, 0.2) is 12.4 Å². The van der Waals surface area contributed by atoms with Crippen LogP contribution in [0, 0.1) is 6.33 Å². The van der Waals surface area contributed by atoms with Crippen LogP contribution in [-0.2, 0) is 0 Å². The van der Waals surface area contributed by atoms with E-state index in [0.717, 1.165) is 0 Å². The first kappa shape index (κ1) is 5.03. The molecule has 0 aliphatic rings. The maximum atomic E-state index is 10.4. The van der Waals surface area contributed by atoms with Crippen molar-refractivity contribution in [1.29, 1.82) is 0 Å². The molecule has 3 nitrogen and oxygen atoms in total. The molecule has 0 saturated carbocycles. The Balaban J connectivity index is 2.93. The zero-order chi connectivity index (χ0) is 5.98. The van der Waals surface area contributed by atoms with E-state index in [0.29, 0.717) is 0 Å². The van der Waals surface area contributed by atoms with Gasteiger partial charge in [-0.25, -0.2) is 4.98 Å². The lowest BCUT2D eigenvalue weighted by molar-refractivity contribution is 0.0935. The number of rotatable bonds is 0. The highest BCUT2D eigenvalue weighted by Gasteiger charge is 1.91. The zero-order valence-corrected chi connectivity index (χ0v) is 4.46. The molecule has 0 spiro atoms. The van der Waals surface area contributed by atoms with Gasteiger partial charge in [0.1, 0.15) is 0 Å². The van der Waals surface area contributed by atoms with Crippen molar-refractivity contribution in [3.8, 4) is 0 Å². The molecule has 3 heteroatoms. The minimum Gasteiger partial charge on any atom is -0.274 e. The molecule has 0 atom stereocenters. The molecule has 0 amide bonds. The molecule has 41 valence electrons. The van der Waals surface area contributed by atoms with Crippen molar-refractivity contribution >= 4 is 5.91 Å². The number of hydrogen-bond donors (Lipinski definition) is 0. The average Bonchev–Trinajstić information content (AvgIpc) is 2.12. The van der Waals surface area contributed by atoms with E-state index in [1.165, 1.54) is 17.7 Å². The van der Waals surface area contributed by atoms with Gasteiger partial charge < -0.3 is 0 Å². The summed E-state index contributed by atoms with van der Waals surface area (Å²) in [6.07, 6.45) is 5.53.